The fourth-order valence-corrected chi connectivity index (χ4v) is 3.17. The second kappa shape index (κ2) is 7.55. The number of carbonyl (C=O) groups is 1. The maximum absolute atomic E-state index is 12.8. The van der Waals surface area contributed by atoms with Crippen molar-refractivity contribution in [2.45, 2.75) is 13.0 Å². The zero-order valence-electron chi connectivity index (χ0n) is 13.9. The van der Waals surface area contributed by atoms with Crippen molar-refractivity contribution in [2.75, 3.05) is 27.2 Å². The van der Waals surface area contributed by atoms with Crippen LogP contribution < -0.4 is 0 Å². The van der Waals surface area contributed by atoms with Gasteiger partial charge in [-0.05, 0) is 25.7 Å². The van der Waals surface area contributed by atoms with Gasteiger partial charge in [-0.15, -0.1) is 11.3 Å². The van der Waals surface area contributed by atoms with Crippen LogP contribution >= 0.6 is 11.3 Å². The fourth-order valence-electron chi connectivity index (χ4n) is 2.45. The van der Waals surface area contributed by atoms with E-state index in [-0.39, 0.29) is 5.91 Å². The van der Waals surface area contributed by atoms with Gasteiger partial charge in [-0.1, -0.05) is 6.07 Å². The lowest BCUT2D eigenvalue weighted by atomic mass is 10.2. The molecule has 0 aliphatic carbocycles. The van der Waals surface area contributed by atoms with Crippen molar-refractivity contribution in [3.05, 3.63) is 53.6 Å². The Labute approximate surface area is 145 Å². The highest BCUT2D eigenvalue weighted by atomic mass is 32.1. The zero-order valence-corrected chi connectivity index (χ0v) is 14.7. The first-order valence-electron chi connectivity index (χ1n) is 7.84. The highest BCUT2D eigenvalue weighted by Crippen LogP contribution is 2.13. The van der Waals surface area contributed by atoms with Gasteiger partial charge in [0.25, 0.3) is 0 Å². The normalized spacial score (nSPS) is 11.3. The number of hydrogen-bond acceptors (Lipinski definition) is 5. The van der Waals surface area contributed by atoms with Crippen molar-refractivity contribution >= 4 is 22.2 Å². The summed E-state index contributed by atoms with van der Waals surface area (Å²) in [7, 11) is 4.02. The van der Waals surface area contributed by atoms with Crippen LogP contribution in [0.25, 0.3) is 4.96 Å². The van der Waals surface area contributed by atoms with E-state index in [0.29, 0.717) is 19.5 Å². The monoisotopic (exact) mass is 343 g/mol. The summed E-state index contributed by atoms with van der Waals surface area (Å²) in [6.45, 7) is 2.08. The number of rotatable bonds is 7. The number of imidazole rings is 1. The number of aromatic nitrogens is 3. The van der Waals surface area contributed by atoms with E-state index < -0.39 is 0 Å². The smallest absolute Gasteiger partial charge is 0.228 e. The lowest BCUT2D eigenvalue weighted by molar-refractivity contribution is -0.131. The minimum Gasteiger partial charge on any atom is -0.337 e. The predicted molar refractivity (Wildman–Crippen MR) is 95.0 cm³/mol. The van der Waals surface area contributed by atoms with Crippen LogP contribution in [0.4, 0.5) is 0 Å². The predicted octanol–water partition coefficient (Wildman–Crippen LogP) is 1.92. The third-order valence-electron chi connectivity index (χ3n) is 3.74. The van der Waals surface area contributed by atoms with E-state index >= 15 is 0 Å². The van der Waals surface area contributed by atoms with Crippen LogP contribution in [0.3, 0.4) is 0 Å². The molecule has 1 amide bonds. The minimum absolute atomic E-state index is 0.0893. The van der Waals surface area contributed by atoms with Gasteiger partial charge >= 0.3 is 0 Å². The molecule has 126 valence electrons. The van der Waals surface area contributed by atoms with Gasteiger partial charge in [0.1, 0.15) is 0 Å². The summed E-state index contributed by atoms with van der Waals surface area (Å²) < 4.78 is 1.96. The topological polar surface area (TPSA) is 53.7 Å². The molecule has 3 heterocycles. The second-order valence-electron chi connectivity index (χ2n) is 5.98. The van der Waals surface area contributed by atoms with Crippen LogP contribution in [-0.2, 0) is 17.8 Å². The van der Waals surface area contributed by atoms with Gasteiger partial charge in [0.2, 0.25) is 5.91 Å². The summed E-state index contributed by atoms with van der Waals surface area (Å²) in [5.41, 5.74) is 1.85. The summed E-state index contributed by atoms with van der Waals surface area (Å²) in [6.07, 6.45) is 7.76. The number of fused-ring (bicyclic) bond motifs is 1. The Morgan fingerprint density at radius 2 is 2.21 bits per heavy atom. The van der Waals surface area contributed by atoms with Crippen LogP contribution in [0, 0.1) is 0 Å². The maximum atomic E-state index is 12.8. The standard InChI is InChI=1S/C17H21N5OS/c1-20(2)6-7-21(12-14-4-3-5-18-11-14)16(23)10-15-13-22-8-9-24-17(22)19-15/h3-5,8-9,11,13H,6-7,10,12H2,1-2H3. The van der Waals surface area contributed by atoms with Gasteiger partial charge in [0, 0.05) is 49.8 Å². The number of pyridine rings is 1. The Morgan fingerprint density at radius 3 is 2.92 bits per heavy atom. The molecule has 0 aliphatic heterocycles. The molecule has 0 aromatic carbocycles. The summed E-state index contributed by atoms with van der Waals surface area (Å²) in [5, 5.41) is 1.99. The van der Waals surface area contributed by atoms with Crippen molar-refractivity contribution < 1.29 is 4.79 Å². The lowest BCUT2D eigenvalue weighted by Crippen LogP contribution is -2.37. The SMILES string of the molecule is CN(C)CCN(Cc1cccnc1)C(=O)Cc1cn2ccsc2n1. The Bertz CT molecular complexity index is 767. The molecule has 0 saturated carbocycles. The maximum Gasteiger partial charge on any atom is 0.228 e. The molecule has 0 atom stereocenters. The van der Waals surface area contributed by atoms with Gasteiger partial charge in [0.05, 0.1) is 12.1 Å². The average Bonchev–Trinajstić information content (AvgIpc) is 3.13. The molecule has 0 aliphatic rings. The van der Waals surface area contributed by atoms with Crippen LogP contribution in [0.5, 0.6) is 0 Å². The first-order valence-corrected chi connectivity index (χ1v) is 8.72. The highest BCUT2D eigenvalue weighted by Gasteiger charge is 2.17. The van der Waals surface area contributed by atoms with E-state index in [9.17, 15) is 4.79 Å². The van der Waals surface area contributed by atoms with Crippen LogP contribution in [0.2, 0.25) is 0 Å². The fraction of sp³-hybridized carbons (Fsp3) is 0.353. The highest BCUT2D eigenvalue weighted by molar-refractivity contribution is 7.15. The number of amides is 1. The first kappa shape index (κ1) is 16.6. The van der Waals surface area contributed by atoms with E-state index in [2.05, 4.69) is 14.9 Å². The molecule has 6 nitrogen and oxygen atoms in total. The summed E-state index contributed by atoms with van der Waals surface area (Å²) in [6, 6.07) is 3.89. The molecule has 0 bridgehead atoms. The van der Waals surface area contributed by atoms with Crippen molar-refractivity contribution in [2.24, 2.45) is 0 Å². The number of carbonyl (C=O) groups excluding carboxylic acids is 1. The zero-order chi connectivity index (χ0) is 16.9. The molecule has 0 spiro atoms. The number of nitrogens with zero attached hydrogens (tertiary/aromatic N) is 5. The lowest BCUT2D eigenvalue weighted by Gasteiger charge is -2.24. The molecule has 3 aromatic heterocycles. The van der Waals surface area contributed by atoms with Crippen molar-refractivity contribution in [3.8, 4) is 0 Å². The van der Waals surface area contributed by atoms with Crippen LogP contribution in [-0.4, -0.2) is 57.3 Å². The third kappa shape index (κ3) is 4.18. The van der Waals surface area contributed by atoms with Gasteiger partial charge in [0.15, 0.2) is 4.96 Å². The Kier molecular flexibility index (Phi) is 5.22. The first-order chi connectivity index (χ1) is 11.6. The number of likely N-dealkylation sites (N-methyl/N-ethyl adjacent to an activating group) is 1. The van der Waals surface area contributed by atoms with Crippen molar-refractivity contribution in [1.82, 2.24) is 24.2 Å². The molecule has 3 aromatic rings. The van der Waals surface area contributed by atoms with Gasteiger partial charge in [-0.25, -0.2) is 4.98 Å². The molecule has 0 unspecified atom stereocenters. The number of thiazole rings is 1. The van der Waals surface area contributed by atoms with Crippen molar-refractivity contribution in [1.29, 1.82) is 0 Å². The third-order valence-corrected chi connectivity index (χ3v) is 4.51. The average molecular weight is 343 g/mol. The minimum atomic E-state index is 0.0893. The van der Waals surface area contributed by atoms with E-state index in [1.54, 1.807) is 17.5 Å². The van der Waals surface area contributed by atoms with E-state index in [4.69, 9.17) is 0 Å². The molecule has 7 heteroatoms. The molecule has 0 saturated heterocycles. The Hall–Kier alpha value is -2.25. The van der Waals surface area contributed by atoms with Crippen molar-refractivity contribution in [3.63, 3.8) is 0 Å². The van der Waals surface area contributed by atoms with E-state index in [0.717, 1.165) is 22.8 Å². The largest absolute Gasteiger partial charge is 0.337 e. The molecule has 0 fully saturated rings. The molecule has 0 radical (unpaired) electrons. The molecular weight excluding hydrogens is 322 g/mol. The Morgan fingerprint density at radius 1 is 1.33 bits per heavy atom. The van der Waals surface area contributed by atoms with E-state index in [1.165, 1.54) is 0 Å². The van der Waals surface area contributed by atoms with Gasteiger partial charge in [-0.3, -0.25) is 14.2 Å². The second-order valence-corrected chi connectivity index (χ2v) is 6.85. The quantitative estimate of drug-likeness (QED) is 0.658. The number of hydrogen-bond donors (Lipinski definition) is 0. The van der Waals surface area contributed by atoms with Gasteiger partial charge < -0.3 is 9.80 Å². The molecule has 3 rings (SSSR count). The molecule has 24 heavy (non-hydrogen) atoms. The Balaban J connectivity index is 1.70. The van der Waals surface area contributed by atoms with E-state index in [1.807, 2.05) is 59.5 Å². The van der Waals surface area contributed by atoms with Crippen LogP contribution in [0.15, 0.2) is 42.3 Å². The molecule has 0 N–H and O–H groups in total. The summed E-state index contributed by atoms with van der Waals surface area (Å²) >= 11 is 1.57. The summed E-state index contributed by atoms with van der Waals surface area (Å²) in [5.74, 6) is 0.0893. The van der Waals surface area contributed by atoms with Crippen LogP contribution in [0.1, 0.15) is 11.3 Å². The van der Waals surface area contributed by atoms with Gasteiger partial charge in [-0.2, -0.15) is 0 Å². The molecular formula is C17H21N5OS. The summed E-state index contributed by atoms with van der Waals surface area (Å²) in [4.78, 5) is 26.3.